The number of imide groups is 1. The van der Waals surface area contributed by atoms with Crippen LogP contribution in [0.25, 0.3) is 17.0 Å². The fourth-order valence-corrected chi connectivity index (χ4v) is 4.16. The number of aromatic nitrogens is 2. The van der Waals surface area contributed by atoms with Crippen molar-refractivity contribution in [3.05, 3.63) is 81.5 Å². The zero-order valence-corrected chi connectivity index (χ0v) is 18.2. The second-order valence-corrected chi connectivity index (χ2v) is 8.21. The number of benzene rings is 2. The van der Waals surface area contributed by atoms with Crippen molar-refractivity contribution >= 4 is 45.8 Å². The van der Waals surface area contributed by atoms with Gasteiger partial charge in [0.05, 0.1) is 22.1 Å². The first-order valence-electron chi connectivity index (χ1n) is 10.1. The molecule has 0 spiro atoms. The van der Waals surface area contributed by atoms with E-state index in [1.165, 1.54) is 35.2 Å². The van der Waals surface area contributed by atoms with Gasteiger partial charge >= 0.3 is 0 Å². The minimum absolute atomic E-state index is 0.0114. The Labute approximate surface area is 192 Å². The molecule has 0 saturated carbocycles. The number of hydrogen-bond acceptors (Lipinski definition) is 6. The Morgan fingerprint density at radius 3 is 2.64 bits per heavy atom. The monoisotopic (exact) mass is 466 g/mol. The summed E-state index contributed by atoms with van der Waals surface area (Å²) < 4.78 is 15.2. The number of para-hydroxylation sites is 1. The van der Waals surface area contributed by atoms with E-state index in [1.54, 1.807) is 30.3 Å². The molecule has 3 amide bonds. The van der Waals surface area contributed by atoms with Crippen molar-refractivity contribution in [2.24, 2.45) is 0 Å². The summed E-state index contributed by atoms with van der Waals surface area (Å²) in [6.07, 6.45) is 2.78. The number of carbonyl (C=O) groups excluding carboxylic acids is 3. The third-order valence-corrected chi connectivity index (χ3v) is 5.94. The van der Waals surface area contributed by atoms with Gasteiger partial charge in [-0.05, 0) is 36.0 Å². The van der Waals surface area contributed by atoms with Crippen molar-refractivity contribution in [2.75, 3.05) is 13.1 Å². The summed E-state index contributed by atoms with van der Waals surface area (Å²) in [6.45, 7) is 0.201. The molecule has 1 aliphatic heterocycles. The first-order valence-corrected chi connectivity index (χ1v) is 11.0. The van der Waals surface area contributed by atoms with Gasteiger partial charge in [-0.25, -0.2) is 9.37 Å². The fourth-order valence-electron chi connectivity index (χ4n) is 3.31. The summed E-state index contributed by atoms with van der Waals surface area (Å²) in [4.78, 5) is 54.7. The zero-order chi connectivity index (χ0) is 23.4. The second-order valence-electron chi connectivity index (χ2n) is 7.22. The highest BCUT2D eigenvalue weighted by Crippen LogP contribution is 2.32. The highest BCUT2D eigenvalue weighted by Gasteiger charge is 2.34. The molecule has 2 heterocycles. The molecule has 3 aromatic rings. The lowest BCUT2D eigenvalue weighted by Crippen LogP contribution is -2.37. The van der Waals surface area contributed by atoms with E-state index in [-0.39, 0.29) is 48.0 Å². The summed E-state index contributed by atoms with van der Waals surface area (Å²) in [7, 11) is 0. The predicted molar refractivity (Wildman–Crippen MR) is 123 cm³/mol. The van der Waals surface area contributed by atoms with Crippen molar-refractivity contribution in [1.29, 1.82) is 0 Å². The molecule has 10 heteroatoms. The number of nitrogens with zero attached hydrogens (tertiary/aromatic N) is 3. The van der Waals surface area contributed by atoms with Gasteiger partial charge in [-0.2, -0.15) is 0 Å². The molecule has 4 rings (SSSR count). The van der Waals surface area contributed by atoms with Crippen LogP contribution in [0.2, 0.25) is 0 Å². The van der Waals surface area contributed by atoms with Crippen LogP contribution in [0.5, 0.6) is 0 Å². The maximum absolute atomic E-state index is 13.8. The van der Waals surface area contributed by atoms with Crippen molar-refractivity contribution in [3.8, 4) is 0 Å². The molecule has 1 aliphatic rings. The lowest BCUT2D eigenvalue weighted by Gasteiger charge is -2.13. The lowest BCUT2D eigenvalue weighted by molar-refractivity contribution is -0.124. The molecular formula is C23H19FN4O4S. The van der Waals surface area contributed by atoms with Gasteiger partial charge in [0.25, 0.3) is 16.7 Å². The number of nitrogens with one attached hydrogen (secondary N) is 1. The average Bonchev–Trinajstić information content (AvgIpc) is 3.07. The van der Waals surface area contributed by atoms with Crippen LogP contribution in [0, 0.1) is 5.82 Å². The number of halogens is 1. The van der Waals surface area contributed by atoms with E-state index < -0.39 is 17.0 Å². The molecule has 0 aliphatic carbocycles. The molecule has 168 valence electrons. The quantitative estimate of drug-likeness (QED) is 0.538. The molecule has 1 N–H and O–H groups in total. The summed E-state index contributed by atoms with van der Waals surface area (Å²) >= 11 is 0.728. The van der Waals surface area contributed by atoms with E-state index in [0.717, 1.165) is 16.7 Å². The Kier molecular flexibility index (Phi) is 6.64. The molecular weight excluding hydrogens is 447 g/mol. The van der Waals surface area contributed by atoms with E-state index >= 15 is 0 Å². The number of aryl methyl sites for hydroxylation is 1. The third kappa shape index (κ3) is 5.01. The molecule has 0 bridgehead atoms. The minimum Gasteiger partial charge on any atom is -0.354 e. The largest absolute Gasteiger partial charge is 0.354 e. The molecule has 0 unspecified atom stereocenters. The first-order chi connectivity index (χ1) is 15.9. The predicted octanol–water partition coefficient (Wildman–Crippen LogP) is 2.78. The zero-order valence-electron chi connectivity index (χ0n) is 17.4. The lowest BCUT2D eigenvalue weighted by atomic mass is 10.2. The van der Waals surface area contributed by atoms with Gasteiger partial charge in [-0.3, -0.25) is 28.6 Å². The Bertz CT molecular complexity index is 1340. The Morgan fingerprint density at radius 2 is 1.82 bits per heavy atom. The van der Waals surface area contributed by atoms with Crippen LogP contribution in [0.4, 0.5) is 9.18 Å². The third-order valence-electron chi connectivity index (χ3n) is 5.03. The smallest absolute Gasteiger partial charge is 0.293 e. The average molecular weight is 466 g/mol. The highest BCUT2D eigenvalue weighted by molar-refractivity contribution is 8.18. The number of hydrogen-bond donors (Lipinski definition) is 1. The SMILES string of the molecule is O=C(CCn1cnc2ccccc2c1=O)NCCN1C(=O)S/C(=C\c2ccccc2F)C1=O. The summed E-state index contributed by atoms with van der Waals surface area (Å²) in [5.74, 6) is -1.35. The van der Waals surface area contributed by atoms with Crippen LogP contribution < -0.4 is 10.9 Å². The summed E-state index contributed by atoms with van der Waals surface area (Å²) in [6, 6.07) is 12.9. The highest BCUT2D eigenvalue weighted by atomic mass is 32.2. The standard InChI is InChI=1S/C23H19FN4O4S/c24-17-7-3-1-5-15(17)13-19-22(31)28(23(32)33-19)12-10-25-20(29)9-11-27-14-26-18-8-4-2-6-16(18)21(27)30/h1-8,13-14H,9-12H2,(H,25,29)/b19-13-. The maximum Gasteiger partial charge on any atom is 0.293 e. The number of thioether (sulfide) groups is 1. The van der Waals surface area contributed by atoms with Crippen molar-refractivity contribution in [3.63, 3.8) is 0 Å². The number of amides is 3. The number of rotatable bonds is 7. The molecule has 1 saturated heterocycles. The molecule has 1 aromatic heterocycles. The van der Waals surface area contributed by atoms with Gasteiger partial charge in [-0.15, -0.1) is 0 Å². The summed E-state index contributed by atoms with van der Waals surface area (Å²) in [5, 5.41) is 2.64. The Hall–Kier alpha value is -3.79. The van der Waals surface area contributed by atoms with Crippen LogP contribution in [-0.4, -0.2) is 44.6 Å². The topological polar surface area (TPSA) is 101 Å². The van der Waals surface area contributed by atoms with Gasteiger partial charge in [0.1, 0.15) is 5.82 Å². The van der Waals surface area contributed by atoms with Gasteiger partial charge in [0, 0.05) is 31.6 Å². The van der Waals surface area contributed by atoms with Crippen LogP contribution >= 0.6 is 11.8 Å². The van der Waals surface area contributed by atoms with E-state index in [1.807, 2.05) is 0 Å². The molecule has 0 atom stereocenters. The molecule has 33 heavy (non-hydrogen) atoms. The van der Waals surface area contributed by atoms with Crippen LogP contribution in [0.3, 0.4) is 0 Å². The van der Waals surface area contributed by atoms with Gasteiger partial charge in [-0.1, -0.05) is 30.3 Å². The van der Waals surface area contributed by atoms with Crippen LogP contribution in [0.15, 0.2) is 64.6 Å². The van der Waals surface area contributed by atoms with Gasteiger partial charge in [0.2, 0.25) is 5.91 Å². The number of carbonyl (C=O) groups is 3. The van der Waals surface area contributed by atoms with E-state index in [9.17, 15) is 23.6 Å². The molecule has 2 aromatic carbocycles. The van der Waals surface area contributed by atoms with E-state index in [4.69, 9.17) is 0 Å². The summed E-state index contributed by atoms with van der Waals surface area (Å²) in [5.41, 5.74) is 0.576. The minimum atomic E-state index is -0.531. The Morgan fingerprint density at radius 1 is 1.06 bits per heavy atom. The second kappa shape index (κ2) is 9.78. The molecule has 1 fully saturated rings. The van der Waals surface area contributed by atoms with Crippen molar-refractivity contribution in [1.82, 2.24) is 19.8 Å². The first kappa shape index (κ1) is 22.4. The van der Waals surface area contributed by atoms with Gasteiger partial charge in [0.15, 0.2) is 0 Å². The van der Waals surface area contributed by atoms with E-state index in [0.29, 0.717) is 10.9 Å². The normalized spacial score (nSPS) is 14.9. The molecule has 0 radical (unpaired) electrons. The van der Waals surface area contributed by atoms with Gasteiger partial charge < -0.3 is 5.32 Å². The molecule has 8 nitrogen and oxygen atoms in total. The number of fused-ring (bicyclic) bond motifs is 1. The van der Waals surface area contributed by atoms with E-state index in [2.05, 4.69) is 10.3 Å². The van der Waals surface area contributed by atoms with Crippen LogP contribution in [0.1, 0.15) is 12.0 Å². The fraction of sp³-hybridized carbons (Fsp3) is 0.174. The van der Waals surface area contributed by atoms with Crippen molar-refractivity contribution < 1.29 is 18.8 Å². The maximum atomic E-state index is 13.8. The van der Waals surface area contributed by atoms with Crippen molar-refractivity contribution in [2.45, 2.75) is 13.0 Å². The van der Waals surface area contributed by atoms with Crippen LogP contribution in [-0.2, 0) is 16.1 Å². The Balaban J connectivity index is 1.29.